The van der Waals surface area contributed by atoms with Crippen molar-refractivity contribution in [3.8, 4) is 0 Å². The van der Waals surface area contributed by atoms with Gasteiger partial charge in [-0.05, 0) is 13.8 Å². The number of carbonyl (C=O) groups is 2. The van der Waals surface area contributed by atoms with Crippen molar-refractivity contribution in [1.29, 1.82) is 0 Å². The molecule has 0 unspecified atom stereocenters. The number of aliphatic carboxylic acids is 1. The highest BCUT2D eigenvalue weighted by molar-refractivity contribution is 5.72. The third-order valence-electron chi connectivity index (χ3n) is 1.28. The van der Waals surface area contributed by atoms with E-state index in [2.05, 4.69) is 0 Å². The molecule has 1 rings (SSSR count). The molecule has 1 aliphatic heterocycles. The molecule has 5 heteroatoms. The highest BCUT2D eigenvalue weighted by Crippen LogP contribution is 2.21. The van der Waals surface area contributed by atoms with E-state index in [0.717, 1.165) is 0 Å². The van der Waals surface area contributed by atoms with E-state index in [1.54, 1.807) is 13.8 Å². The first-order valence-electron chi connectivity index (χ1n) is 3.35. The quantitative estimate of drug-likeness (QED) is 0.610. The van der Waals surface area contributed by atoms with E-state index in [0.29, 0.717) is 0 Å². The first-order valence-corrected chi connectivity index (χ1v) is 3.35. The van der Waals surface area contributed by atoms with Gasteiger partial charge in [0, 0.05) is 0 Å². The van der Waals surface area contributed by atoms with Gasteiger partial charge in [-0.3, -0.25) is 0 Å². The summed E-state index contributed by atoms with van der Waals surface area (Å²) >= 11 is 0. The number of rotatable bonds is 1. The summed E-state index contributed by atoms with van der Waals surface area (Å²) in [5.74, 6) is -1.70. The molecule has 1 atom stereocenters. The second-order valence-electron chi connectivity index (χ2n) is 2.66. The van der Waals surface area contributed by atoms with E-state index in [4.69, 9.17) is 19.4 Å². The normalized spacial score (nSPS) is 25.7. The Morgan fingerprint density at radius 1 is 1.58 bits per heavy atom. The lowest BCUT2D eigenvalue weighted by Gasteiger charge is -2.15. The molecule has 0 spiro atoms. The third kappa shape index (κ3) is 2.98. The molecule has 1 N–H and O–H groups in total. The maximum Gasteiger partial charge on any atom is 0.335 e. The van der Waals surface area contributed by atoms with Gasteiger partial charge in [0.1, 0.15) is 6.79 Å². The minimum atomic E-state index is -0.967. The van der Waals surface area contributed by atoms with Crippen LogP contribution in [0.2, 0.25) is 0 Å². The molecule has 0 aliphatic carbocycles. The molecule has 1 heterocycles. The van der Waals surface area contributed by atoms with E-state index in [1.165, 1.54) is 0 Å². The molecule has 0 bridgehead atoms. The van der Waals surface area contributed by atoms with Gasteiger partial charge in [-0.25, -0.2) is 4.79 Å². The minimum Gasteiger partial charge on any atom is -0.479 e. The Bertz CT molecular complexity index is 165. The molecule has 1 saturated heterocycles. The van der Waals surface area contributed by atoms with Crippen LogP contribution in [-0.2, 0) is 19.1 Å². The first kappa shape index (κ1) is 11.1. The summed E-state index contributed by atoms with van der Waals surface area (Å²) in [6.07, 6.45) is -0.796. The van der Waals surface area contributed by atoms with Crippen LogP contribution in [0.3, 0.4) is 0 Å². The Morgan fingerprint density at radius 2 is 2.08 bits per heavy atom. The first-order chi connectivity index (χ1) is 5.51. The number of ether oxygens (including phenoxy) is 2. The summed E-state index contributed by atoms with van der Waals surface area (Å²) in [6, 6.07) is 0. The number of carbonyl (C=O) groups excluding carboxylic acids is 1. The Morgan fingerprint density at radius 3 is 2.25 bits per heavy atom. The average Bonchev–Trinajstić information content (AvgIpc) is 2.35. The molecular weight excluding hydrogens is 164 g/mol. The van der Waals surface area contributed by atoms with Crippen LogP contribution >= 0.6 is 0 Å². The van der Waals surface area contributed by atoms with E-state index in [1.807, 2.05) is 6.79 Å². The summed E-state index contributed by atoms with van der Waals surface area (Å²) in [7, 11) is 0. The van der Waals surface area contributed by atoms with Gasteiger partial charge in [-0.2, -0.15) is 0 Å². The van der Waals surface area contributed by atoms with Crippen molar-refractivity contribution in [2.45, 2.75) is 25.7 Å². The Labute approximate surface area is 70.3 Å². The Kier molecular flexibility index (Phi) is 3.85. The molecular formula is C7H12O5. The van der Waals surface area contributed by atoms with Crippen molar-refractivity contribution in [1.82, 2.24) is 0 Å². The second-order valence-corrected chi connectivity index (χ2v) is 2.66. The van der Waals surface area contributed by atoms with E-state index in [9.17, 15) is 4.79 Å². The zero-order valence-corrected chi connectivity index (χ0v) is 7.07. The van der Waals surface area contributed by atoms with Crippen LogP contribution in [0.4, 0.5) is 0 Å². The molecule has 5 nitrogen and oxygen atoms in total. The topological polar surface area (TPSA) is 72.8 Å². The molecule has 0 radical (unpaired) electrons. The summed E-state index contributed by atoms with van der Waals surface area (Å²) in [5.41, 5.74) is 0. The van der Waals surface area contributed by atoms with E-state index < -0.39 is 17.9 Å². The second kappa shape index (κ2) is 4.18. The van der Waals surface area contributed by atoms with Crippen LogP contribution in [0.1, 0.15) is 13.8 Å². The monoisotopic (exact) mass is 176 g/mol. The lowest BCUT2D eigenvalue weighted by Crippen LogP contribution is -2.26. The summed E-state index contributed by atoms with van der Waals surface area (Å²) in [5, 5.41) is 8.44. The SMILES string of the molecule is C=O.CC1(C)OC[C@H](C(=O)O)O1. The summed E-state index contributed by atoms with van der Waals surface area (Å²) in [4.78, 5) is 18.3. The zero-order chi connectivity index (χ0) is 9.78. The lowest BCUT2D eigenvalue weighted by atomic mass is 10.4. The van der Waals surface area contributed by atoms with Crippen molar-refractivity contribution < 1.29 is 24.2 Å². The number of hydrogen-bond acceptors (Lipinski definition) is 4. The van der Waals surface area contributed by atoms with Crippen molar-refractivity contribution in [3.05, 3.63) is 0 Å². The van der Waals surface area contributed by atoms with E-state index >= 15 is 0 Å². The number of carboxylic acid groups (broad SMARTS) is 1. The summed E-state index contributed by atoms with van der Waals surface area (Å²) < 4.78 is 10.00. The van der Waals surface area contributed by atoms with Crippen molar-refractivity contribution in [3.63, 3.8) is 0 Å². The van der Waals surface area contributed by atoms with Gasteiger partial charge >= 0.3 is 5.97 Å². The van der Waals surface area contributed by atoms with Gasteiger partial charge in [-0.1, -0.05) is 0 Å². The molecule has 0 aromatic carbocycles. The van der Waals surface area contributed by atoms with Gasteiger partial charge in [0.25, 0.3) is 0 Å². The average molecular weight is 176 g/mol. The minimum absolute atomic E-state index is 0.141. The zero-order valence-electron chi connectivity index (χ0n) is 7.07. The highest BCUT2D eigenvalue weighted by Gasteiger charge is 2.36. The third-order valence-corrected chi connectivity index (χ3v) is 1.28. The highest BCUT2D eigenvalue weighted by atomic mass is 16.7. The van der Waals surface area contributed by atoms with Gasteiger partial charge in [-0.15, -0.1) is 0 Å². The van der Waals surface area contributed by atoms with Crippen molar-refractivity contribution >= 4 is 12.8 Å². The number of carboxylic acids is 1. The smallest absolute Gasteiger partial charge is 0.335 e. The van der Waals surface area contributed by atoms with E-state index in [-0.39, 0.29) is 6.61 Å². The molecule has 1 aliphatic rings. The Hall–Kier alpha value is -0.940. The van der Waals surface area contributed by atoms with Crippen molar-refractivity contribution in [2.75, 3.05) is 6.61 Å². The van der Waals surface area contributed by atoms with Crippen molar-refractivity contribution in [2.24, 2.45) is 0 Å². The molecule has 0 amide bonds. The van der Waals surface area contributed by atoms with Crippen LogP contribution < -0.4 is 0 Å². The molecule has 70 valence electrons. The standard InChI is InChI=1S/C6H10O4.CH2O/c1-6(2)9-3-4(10-6)5(7)8;1-2/h4H,3H2,1-2H3,(H,7,8);1H2/t4-;/m1./s1. The Balaban J connectivity index is 0.000000561. The van der Waals surface area contributed by atoms with Crippen LogP contribution in [-0.4, -0.2) is 36.4 Å². The van der Waals surface area contributed by atoms with Gasteiger partial charge in [0.15, 0.2) is 11.9 Å². The van der Waals surface area contributed by atoms with Gasteiger partial charge in [0.2, 0.25) is 0 Å². The lowest BCUT2D eigenvalue weighted by molar-refractivity contribution is -0.164. The van der Waals surface area contributed by atoms with Crippen LogP contribution in [0, 0.1) is 0 Å². The van der Waals surface area contributed by atoms with Gasteiger partial charge < -0.3 is 19.4 Å². The largest absolute Gasteiger partial charge is 0.479 e. The number of hydrogen-bond donors (Lipinski definition) is 1. The summed E-state index contributed by atoms with van der Waals surface area (Å²) in [6.45, 7) is 5.52. The molecule has 0 aromatic rings. The fourth-order valence-electron chi connectivity index (χ4n) is 0.809. The van der Waals surface area contributed by atoms with Crippen LogP contribution in [0.25, 0.3) is 0 Å². The fourth-order valence-corrected chi connectivity index (χ4v) is 0.809. The molecule has 0 saturated carbocycles. The molecule has 12 heavy (non-hydrogen) atoms. The predicted molar refractivity (Wildman–Crippen MR) is 39.7 cm³/mol. The van der Waals surface area contributed by atoms with Gasteiger partial charge in [0.05, 0.1) is 6.61 Å². The predicted octanol–water partition coefficient (Wildman–Crippen LogP) is 0.0376. The molecule has 0 aromatic heterocycles. The maximum absolute atomic E-state index is 10.3. The molecule has 1 fully saturated rings. The van der Waals surface area contributed by atoms with Crippen LogP contribution in [0.15, 0.2) is 0 Å². The fraction of sp³-hybridized carbons (Fsp3) is 0.714. The maximum atomic E-state index is 10.3. The van der Waals surface area contributed by atoms with Crippen LogP contribution in [0.5, 0.6) is 0 Å².